The molecule has 12 N–H and O–H groups in total. The number of ether oxygens (including phenoxy) is 1. The molecule has 0 saturated heterocycles. The van der Waals surface area contributed by atoms with Crippen molar-refractivity contribution in [3.8, 4) is 11.4 Å². The highest BCUT2D eigenvalue weighted by Gasteiger charge is 2.64. The smallest absolute Gasteiger partial charge is 0.315 e. The Hall–Kier alpha value is -4.54. The molecular formula is C25H27N5O14. The summed E-state index contributed by atoms with van der Waals surface area (Å²) in [7, 11) is 1.39. The van der Waals surface area contributed by atoms with E-state index >= 15 is 0 Å². The summed E-state index contributed by atoms with van der Waals surface area (Å²) in [5.74, 6) is -15.6. The third-order valence-corrected chi connectivity index (χ3v) is 6.65. The maximum Gasteiger partial charge on any atom is 0.315 e. The molecule has 0 atom stereocenters. The molecule has 19 nitrogen and oxygen atoms in total. The summed E-state index contributed by atoms with van der Waals surface area (Å²) in [5.41, 5.74) is 1.93. The second-order valence-electron chi connectivity index (χ2n) is 9.51. The first-order valence-electron chi connectivity index (χ1n) is 12.3. The summed E-state index contributed by atoms with van der Waals surface area (Å²) >= 11 is 0. The van der Waals surface area contributed by atoms with Crippen LogP contribution >= 0.6 is 0 Å². The minimum atomic E-state index is -3.90. The predicted molar refractivity (Wildman–Crippen MR) is 141 cm³/mol. The van der Waals surface area contributed by atoms with Gasteiger partial charge in [0.2, 0.25) is 6.29 Å². The van der Waals surface area contributed by atoms with Crippen LogP contribution in [0.4, 0.5) is 11.4 Å². The number of methoxy groups -OCH3 is 1. The molecule has 1 aliphatic rings. The first-order chi connectivity index (χ1) is 20.4. The maximum absolute atomic E-state index is 13.8. The summed E-state index contributed by atoms with van der Waals surface area (Å²) in [5, 5.41) is 104. The molecule has 2 heterocycles. The molecule has 2 aromatic carbocycles. The maximum atomic E-state index is 13.8. The first kappa shape index (κ1) is 32.4. The Labute approximate surface area is 245 Å². The van der Waals surface area contributed by atoms with Crippen molar-refractivity contribution in [2.45, 2.75) is 30.1 Å². The van der Waals surface area contributed by atoms with Crippen molar-refractivity contribution in [2.75, 3.05) is 23.5 Å². The number of amides is 3. The fourth-order valence-electron chi connectivity index (χ4n) is 4.46. The Morgan fingerprint density at radius 1 is 0.977 bits per heavy atom. The van der Waals surface area contributed by atoms with Crippen molar-refractivity contribution in [3.05, 3.63) is 65.5 Å². The van der Waals surface area contributed by atoms with Crippen LogP contribution in [0.1, 0.15) is 26.5 Å². The number of aliphatic hydroxyl groups excluding tert-OH is 2. The number of fused-ring (bicyclic) bond motifs is 1. The van der Waals surface area contributed by atoms with Crippen molar-refractivity contribution in [1.29, 1.82) is 0 Å². The molecule has 0 fully saturated rings. The van der Waals surface area contributed by atoms with Gasteiger partial charge in [0.05, 0.1) is 24.9 Å². The van der Waals surface area contributed by atoms with E-state index in [2.05, 4.69) is 5.10 Å². The number of benzene rings is 2. The molecule has 0 spiro atoms. The SMILES string of the molecule is COc1ccc(-n2nc(C(N)=O)c3c2C(=O)N(c2ccc(N(CC(O)O)C(=O)C(O)(O)C(O)O)cc2)C(O)(O)C3(O)O)cc1. The fourth-order valence-corrected chi connectivity index (χ4v) is 4.46. The van der Waals surface area contributed by atoms with Crippen molar-refractivity contribution >= 4 is 29.1 Å². The van der Waals surface area contributed by atoms with Crippen LogP contribution in [-0.4, -0.2) is 117 Å². The molecule has 1 aliphatic heterocycles. The summed E-state index contributed by atoms with van der Waals surface area (Å²) in [6.07, 6.45) is -5.28. The van der Waals surface area contributed by atoms with Gasteiger partial charge in [-0.25, -0.2) is 9.58 Å². The molecule has 0 radical (unpaired) electrons. The van der Waals surface area contributed by atoms with Crippen molar-refractivity contribution < 1.29 is 70.2 Å². The molecule has 19 heteroatoms. The molecule has 3 aromatic rings. The van der Waals surface area contributed by atoms with Crippen LogP contribution in [0.2, 0.25) is 0 Å². The lowest BCUT2D eigenvalue weighted by Crippen LogP contribution is -2.68. The molecule has 0 saturated carbocycles. The number of nitrogens with zero attached hydrogens (tertiary/aromatic N) is 4. The van der Waals surface area contributed by atoms with Gasteiger partial charge in [0, 0.05) is 11.4 Å². The predicted octanol–water partition coefficient (Wildman–Crippen LogP) is -4.95. The van der Waals surface area contributed by atoms with Gasteiger partial charge in [0.1, 0.15) is 11.4 Å². The number of primary amides is 1. The van der Waals surface area contributed by atoms with Crippen LogP contribution in [0.3, 0.4) is 0 Å². The quantitative estimate of drug-likeness (QED) is 0.0997. The van der Waals surface area contributed by atoms with Crippen molar-refractivity contribution in [1.82, 2.24) is 9.78 Å². The van der Waals surface area contributed by atoms with E-state index in [9.17, 15) is 65.4 Å². The minimum Gasteiger partial charge on any atom is -0.497 e. The van der Waals surface area contributed by atoms with E-state index < -0.39 is 77.0 Å². The molecular weight excluding hydrogens is 594 g/mol. The molecule has 4 rings (SSSR count). The van der Waals surface area contributed by atoms with Crippen LogP contribution in [0.25, 0.3) is 5.69 Å². The van der Waals surface area contributed by atoms with Gasteiger partial charge in [0.15, 0.2) is 12.0 Å². The van der Waals surface area contributed by atoms with E-state index in [1.54, 1.807) is 0 Å². The number of nitrogens with two attached hydrogens (primary N) is 1. The van der Waals surface area contributed by atoms with Crippen LogP contribution in [0.15, 0.2) is 48.5 Å². The molecule has 1 aromatic heterocycles. The van der Waals surface area contributed by atoms with Gasteiger partial charge in [-0.1, -0.05) is 0 Å². The number of hydrogen-bond acceptors (Lipinski definition) is 15. The van der Waals surface area contributed by atoms with E-state index in [0.29, 0.717) is 10.6 Å². The van der Waals surface area contributed by atoms with Gasteiger partial charge in [0.25, 0.3) is 29.3 Å². The van der Waals surface area contributed by atoms with E-state index in [4.69, 9.17) is 10.5 Å². The number of carbonyl (C=O) groups excluding carboxylic acids is 3. The van der Waals surface area contributed by atoms with E-state index in [-0.39, 0.29) is 16.3 Å². The van der Waals surface area contributed by atoms with Crippen LogP contribution in [-0.2, 0) is 10.6 Å². The van der Waals surface area contributed by atoms with Crippen molar-refractivity contribution in [2.24, 2.45) is 5.73 Å². The number of rotatable bonds is 9. The highest BCUT2D eigenvalue weighted by Crippen LogP contribution is 2.44. The van der Waals surface area contributed by atoms with Gasteiger partial charge >= 0.3 is 5.91 Å². The van der Waals surface area contributed by atoms with Crippen molar-refractivity contribution in [3.63, 3.8) is 0 Å². The third kappa shape index (κ3) is 5.14. The summed E-state index contributed by atoms with van der Waals surface area (Å²) in [4.78, 5) is 39.1. The minimum absolute atomic E-state index is 0.0802. The lowest BCUT2D eigenvalue weighted by atomic mass is 9.92. The molecule has 3 amide bonds. The lowest BCUT2D eigenvalue weighted by Gasteiger charge is -2.45. The Kier molecular flexibility index (Phi) is 8.23. The summed E-state index contributed by atoms with van der Waals surface area (Å²) in [6, 6.07) is 9.29. The Morgan fingerprint density at radius 2 is 1.52 bits per heavy atom. The van der Waals surface area contributed by atoms with Gasteiger partial charge in [-0.05, 0) is 48.5 Å². The molecule has 0 aliphatic carbocycles. The monoisotopic (exact) mass is 621 g/mol. The van der Waals surface area contributed by atoms with Gasteiger partial charge < -0.3 is 66.4 Å². The lowest BCUT2D eigenvalue weighted by molar-refractivity contribution is -0.363. The van der Waals surface area contributed by atoms with E-state index in [0.717, 1.165) is 28.9 Å². The molecule has 44 heavy (non-hydrogen) atoms. The Bertz CT molecular complexity index is 1580. The van der Waals surface area contributed by atoms with E-state index in [1.807, 2.05) is 0 Å². The second kappa shape index (κ2) is 11.2. The highest BCUT2D eigenvalue weighted by atomic mass is 16.6. The van der Waals surface area contributed by atoms with Gasteiger partial charge in [-0.3, -0.25) is 14.4 Å². The zero-order valence-electron chi connectivity index (χ0n) is 22.5. The molecule has 236 valence electrons. The zero-order chi connectivity index (χ0) is 32.9. The van der Waals surface area contributed by atoms with Gasteiger partial charge in [-0.2, -0.15) is 5.10 Å². The summed E-state index contributed by atoms with van der Waals surface area (Å²) < 4.78 is 5.89. The van der Waals surface area contributed by atoms with Crippen LogP contribution < -0.4 is 20.3 Å². The van der Waals surface area contributed by atoms with Crippen LogP contribution in [0.5, 0.6) is 5.75 Å². The molecule has 0 unspecified atom stereocenters. The topological polar surface area (TPSA) is 313 Å². The number of anilines is 2. The largest absolute Gasteiger partial charge is 0.497 e. The third-order valence-electron chi connectivity index (χ3n) is 6.65. The average Bonchev–Trinajstić information content (AvgIpc) is 3.37. The summed E-state index contributed by atoms with van der Waals surface area (Å²) in [6.45, 7) is -1.03. The highest BCUT2D eigenvalue weighted by molar-refractivity contribution is 6.11. The number of hydrogen-bond donors (Lipinski definition) is 11. The standard InChI is InChI=1S/C25H27N5O14/c1-44-14-8-6-13(7-9-14)30-18-16(17(27-30)19(26)33)24(40,41)25(42,43)29(20(18)34)12-4-2-11(3-5-12)28(10-15(31)32)21(35)23(38,39)22(36)37/h2-9,15,22,31-32,36-43H,10H2,1H3,(H2,26,33). The molecule has 0 bridgehead atoms. The number of carbonyl (C=O) groups is 3. The second-order valence-corrected chi connectivity index (χ2v) is 9.51. The average molecular weight is 622 g/mol. The number of aliphatic hydroxyl groups is 10. The number of aromatic nitrogens is 2. The fraction of sp³-hybridized carbons (Fsp3) is 0.280. The first-order valence-corrected chi connectivity index (χ1v) is 12.3. The van der Waals surface area contributed by atoms with Gasteiger partial charge in [-0.15, -0.1) is 0 Å². The Morgan fingerprint density at radius 3 is 2.00 bits per heavy atom. The van der Waals surface area contributed by atoms with Crippen LogP contribution in [0, 0.1) is 0 Å². The zero-order valence-corrected chi connectivity index (χ0v) is 22.5. The normalized spacial score (nSPS) is 15.8. The van der Waals surface area contributed by atoms with E-state index in [1.165, 1.54) is 31.4 Å². The Balaban J connectivity index is 1.86.